The molecule has 2 amide bonds. The van der Waals surface area contributed by atoms with Gasteiger partial charge in [-0.3, -0.25) is 14.5 Å². The van der Waals surface area contributed by atoms with Gasteiger partial charge in [0.15, 0.2) is 5.11 Å². The van der Waals surface area contributed by atoms with Crippen LogP contribution in [0.1, 0.15) is 22.3 Å². The molecule has 0 spiro atoms. The number of anilines is 2. The van der Waals surface area contributed by atoms with E-state index in [4.69, 9.17) is 23.8 Å². The van der Waals surface area contributed by atoms with Crippen molar-refractivity contribution in [3.8, 4) is 0 Å². The largest absolute Gasteiger partial charge is 0.465 e. The third-order valence-corrected chi connectivity index (χ3v) is 6.39. The minimum Gasteiger partial charge on any atom is -0.465 e. The van der Waals surface area contributed by atoms with E-state index in [9.17, 15) is 14.4 Å². The highest BCUT2D eigenvalue weighted by Crippen LogP contribution is 2.30. The Bertz CT molecular complexity index is 1270. The zero-order valence-corrected chi connectivity index (χ0v) is 20.4. The van der Waals surface area contributed by atoms with E-state index in [1.165, 1.54) is 12.0 Å². The molecule has 1 saturated heterocycles. The molecule has 1 heterocycles. The summed E-state index contributed by atoms with van der Waals surface area (Å²) in [4.78, 5) is 41.2. The molecule has 0 saturated carbocycles. The van der Waals surface area contributed by atoms with E-state index in [2.05, 4.69) is 10.1 Å². The highest BCUT2D eigenvalue weighted by Gasteiger charge is 2.44. The summed E-state index contributed by atoms with van der Waals surface area (Å²) in [5, 5.41) is 3.64. The molecular formula is C26H22ClN3O4S. The van der Waals surface area contributed by atoms with E-state index >= 15 is 0 Å². The van der Waals surface area contributed by atoms with Crippen LogP contribution in [0.15, 0.2) is 78.9 Å². The van der Waals surface area contributed by atoms with E-state index in [0.717, 1.165) is 5.56 Å². The lowest BCUT2D eigenvalue weighted by Crippen LogP contribution is -2.37. The van der Waals surface area contributed by atoms with Crippen molar-refractivity contribution in [2.24, 2.45) is 0 Å². The number of ether oxygens (including phenoxy) is 1. The Morgan fingerprint density at radius 2 is 1.66 bits per heavy atom. The minimum atomic E-state index is -0.812. The zero-order chi connectivity index (χ0) is 24.9. The van der Waals surface area contributed by atoms with Crippen molar-refractivity contribution >= 4 is 58.1 Å². The first kappa shape index (κ1) is 24.4. The number of nitrogens with zero attached hydrogens (tertiary/aromatic N) is 2. The summed E-state index contributed by atoms with van der Waals surface area (Å²) in [5.41, 5.74) is 2.29. The van der Waals surface area contributed by atoms with E-state index in [1.54, 1.807) is 47.4 Å². The van der Waals surface area contributed by atoms with Crippen LogP contribution in [0.4, 0.5) is 11.4 Å². The van der Waals surface area contributed by atoms with Gasteiger partial charge in [0.25, 0.3) is 5.91 Å². The SMILES string of the molecule is COC(=O)c1ccc(NC(=O)CC2C(=O)N(c3ccccc3)C(=S)N2Cc2ccccc2Cl)cc1. The quantitative estimate of drug-likeness (QED) is 0.370. The van der Waals surface area contributed by atoms with Crippen LogP contribution in [0.5, 0.6) is 0 Å². The Balaban J connectivity index is 1.56. The van der Waals surface area contributed by atoms with Gasteiger partial charge in [0, 0.05) is 17.3 Å². The van der Waals surface area contributed by atoms with Crippen LogP contribution in [0.25, 0.3) is 0 Å². The fourth-order valence-electron chi connectivity index (χ4n) is 3.83. The van der Waals surface area contributed by atoms with E-state index in [1.807, 2.05) is 36.4 Å². The third kappa shape index (κ3) is 5.34. The normalized spacial score (nSPS) is 15.3. The summed E-state index contributed by atoms with van der Waals surface area (Å²) in [5.74, 6) is -1.12. The van der Waals surface area contributed by atoms with Crippen molar-refractivity contribution in [1.29, 1.82) is 0 Å². The van der Waals surface area contributed by atoms with Gasteiger partial charge in [-0.2, -0.15) is 0 Å². The van der Waals surface area contributed by atoms with Gasteiger partial charge >= 0.3 is 5.97 Å². The van der Waals surface area contributed by atoms with Crippen LogP contribution in [-0.4, -0.2) is 40.9 Å². The molecule has 1 atom stereocenters. The zero-order valence-electron chi connectivity index (χ0n) is 18.8. The van der Waals surface area contributed by atoms with E-state index in [0.29, 0.717) is 27.1 Å². The van der Waals surface area contributed by atoms with Gasteiger partial charge in [0.05, 0.1) is 24.8 Å². The Hall–Kier alpha value is -3.75. The third-order valence-electron chi connectivity index (χ3n) is 5.60. The molecule has 178 valence electrons. The Morgan fingerprint density at radius 3 is 2.31 bits per heavy atom. The highest BCUT2D eigenvalue weighted by atomic mass is 35.5. The fourth-order valence-corrected chi connectivity index (χ4v) is 4.42. The molecule has 0 aromatic heterocycles. The number of rotatable bonds is 7. The topological polar surface area (TPSA) is 78.9 Å². The molecule has 0 radical (unpaired) electrons. The molecule has 1 aliphatic heterocycles. The number of hydrogen-bond donors (Lipinski definition) is 1. The van der Waals surface area contributed by atoms with E-state index in [-0.39, 0.29) is 24.8 Å². The van der Waals surface area contributed by atoms with Crippen molar-refractivity contribution in [3.63, 3.8) is 0 Å². The van der Waals surface area contributed by atoms with Gasteiger partial charge in [-0.05, 0) is 60.2 Å². The second-order valence-electron chi connectivity index (χ2n) is 7.85. The number of halogens is 1. The average molecular weight is 508 g/mol. The Morgan fingerprint density at radius 1 is 1.00 bits per heavy atom. The van der Waals surface area contributed by atoms with Gasteiger partial charge in [0.1, 0.15) is 6.04 Å². The van der Waals surface area contributed by atoms with Gasteiger partial charge in [0.2, 0.25) is 5.91 Å². The van der Waals surface area contributed by atoms with E-state index < -0.39 is 12.0 Å². The monoisotopic (exact) mass is 507 g/mol. The number of methoxy groups -OCH3 is 1. The predicted molar refractivity (Wildman–Crippen MR) is 138 cm³/mol. The molecule has 1 fully saturated rings. The molecule has 35 heavy (non-hydrogen) atoms. The highest BCUT2D eigenvalue weighted by molar-refractivity contribution is 7.80. The summed E-state index contributed by atoms with van der Waals surface area (Å²) in [7, 11) is 1.30. The first-order valence-corrected chi connectivity index (χ1v) is 11.6. The summed E-state index contributed by atoms with van der Waals surface area (Å²) >= 11 is 12.1. The van der Waals surface area contributed by atoms with Crippen LogP contribution >= 0.6 is 23.8 Å². The van der Waals surface area contributed by atoms with Gasteiger partial charge in [-0.25, -0.2) is 4.79 Å². The molecule has 3 aromatic rings. The average Bonchev–Trinajstić information content (AvgIpc) is 3.09. The standard InChI is InChI=1S/C26H22ClN3O4S/c1-34-25(33)17-11-13-19(14-12-17)28-23(31)15-22-24(32)30(20-8-3-2-4-9-20)26(35)29(22)16-18-7-5-6-10-21(18)27/h2-14,22H,15-16H2,1H3,(H,28,31). The summed E-state index contributed by atoms with van der Waals surface area (Å²) in [6.07, 6.45) is -0.120. The summed E-state index contributed by atoms with van der Waals surface area (Å²) in [6, 6.07) is 21.9. The Kier molecular flexibility index (Phi) is 7.43. The lowest BCUT2D eigenvalue weighted by molar-refractivity contribution is -0.124. The summed E-state index contributed by atoms with van der Waals surface area (Å²) in [6.45, 7) is 0.277. The number of carbonyl (C=O) groups excluding carboxylic acids is 3. The molecular weight excluding hydrogens is 486 g/mol. The maximum Gasteiger partial charge on any atom is 0.337 e. The van der Waals surface area contributed by atoms with Gasteiger partial charge < -0.3 is 15.0 Å². The first-order chi connectivity index (χ1) is 16.9. The second kappa shape index (κ2) is 10.7. The van der Waals surface area contributed by atoms with Crippen LogP contribution in [0.2, 0.25) is 5.02 Å². The van der Waals surface area contributed by atoms with Crippen molar-refractivity contribution in [2.75, 3.05) is 17.3 Å². The molecule has 7 nitrogen and oxygen atoms in total. The minimum absolute atomic E-state index is 0.120. The summed E-state index contributed by atoms with van der Waals surface area (Å²) < 4.78 is 4.69. The predicted octanol–water partition coefficient (Wildman–Crippen LogP) is 4.66. The number of thiocarbonyl (C=S) groups is 1. The van der Waals surface area contributed by atoms with Crippen LogP contribution < -0.4 is 10.2 Å². The number of benzene rings is 3. The van der Waals surface area contributed by atoms with Crippen molar-refractivity contribution < 1.29 is 19.1 Å². The molecule has 4 rings (SSSR count). The van der Waals surface area contributed by atoms with Crippen LogP contribution in [0.3, 0.4) is 0 Å². The smallest absolute Gasteiger partial charge is 0.337 e. The molecule has 1 aliphatic rings. The lowest BCUT2D eigenvalue weighted by atomic mass is 10.1. The molecule has 1 unspecified atom stereocenters. The fraction of sp³-hybridized carbons (Fsp3) is 0.154. The maximum absolute atomic E-state index is 13.5. The second-order valence-corrected chi connectivity index (χ2v) is 8.62. The number of carbonyl (C=O) groups is 3. The first-order valence-electron chi connectivity index (χ1n) is 10.8. The molecule has 0 aliphatic carbocycles. The van der Waals surface area contributed by atoms with Crippen LogP contribution in [-0.2, 0) is 20.9 Å². The van der Waals surface area contributed by atoms with Crippen molar-refractivity contribution in [2.45, 2.75) is 19.0 Å². The molecule has 0 bridgehead atoms. The van der Waals surface area contributed by atoms with Crippen molar-refractivity contribution in [3.05, 3.63) is 95.0 Å². The number of esters is 1. The van der Waals surface area contributed by atoms with Crippen LogP contribution in [0, 0.1) is 0 Å². The Labute approximate surface area is 213 Å². The molecule has 1 N–H and O–H groups in total. The number of nitrogens with one attached hydrogen (secondary N) is 1. The van der Waals surface area contributed by atoms with Gasteiger partial charge in [-0.15, -0.1) is 0 Å². The number of amides is 2. The maximum atomic E-state index is 13.5. The van der Waals surface area contributed by atoms with Crippen molar-refractivity contribution in [1.82, 2.24) is 4.90 Å². The lowest BCUT2D eigenvalue weighted by Gasteiger charge is -2.24. The number of para-hydroxylation sites is 1. The number of hydrogen-bond acceptors (Lipinski definition) is 5. The molecule has 9 heteroatoms. The molecule has 3 aromatic carbocycles. The van der Waals surface area contributed by atoms with Gasteiger partial charge in [-0.1, -0.05) is 48.0 Å².